The van der Waals surface area contributed by atoms with E-state index in [1.54, 1.807) is 0 Å². The molecule has 2 amide bonds. The molecule has 0 aromatic rings. The van der Waals surface area contributed by atoms with Crippen LogP contribution < -0.4 is 11.1 Å². The zero-order valence-corrected chi connectivity index (χ0v) is 11.2. The first-order chi connectivity index (χ1) is 8.67. The highest BCUT2D eigenvalue weighted by molar-refractivity contribution is 5.78. The summed E-state index contributed by atoms with van der Waals surface area (Å²) in [7, 11) is 0. The van der Waals surface area contributed by atoms with Crippen molar-refractivity contribution in [1.29, 1.82) is 0 Å². The second-order valence-corrected chi connectivity index (χ2v) is 4.55. The smallest absolute Gasteiger partial charge is 0.234 e. The topological polar surface area (TPSA) is 78.7 Å². The maximum Gasteiger partial charge on any atom is 0.234 e. The van der Waals surface area contributed by atoms with E-state index in [-0.39, 0.29) is 11.8 Å². The van der Waals surface area contributed by atoms with E-state index in [1.807, 2.05) is 11.8 Å². The Morgan fingerprint density at radius 2 is 1.89 bits per heavy atom. The van der Waals surface area contributed by atoms with Crippen LogP contribution in [0.1, 0.15) is 19.8 Å². The lowest BCUT2D eigenvalue weighted by Crippen LogP contribution is -2.51. The standard InChI is InChI=1S/C12H24N4O2/c1-2-5-14-11(17)10-15-6-8-16(9-7-15)12(18)3-4-13/h2-10,13H2,1H3,(H,14,17). The maximum atomic E-state index is 11.6. The van der Waals surface area contributed by atoms with Crippen LogP contribution in [-0.4, -0.2) is 67.4 Å². The lowest BCUT2D eigenvalue weighted by Gasteiger charge is -2.34. The van der Waals surface area contributed by atoms with Gasteiger partial charge in [-0.3, -0.25) is 14.5 Å². The van der Waals surface area contributed by atoms with Gasteiger partial charge >= 0.3 is 0 Å². The monoisotopic (exact) mass is 256 g/mol. The lowest BCUT2D eigenvalue weighted by atomic mass is 10.2. The summed E-state index contributed by atoms with van der Waals surface area (Å²) in [4.78, 5) is 27.1. The maximum absolute atomic E-state index is 11.6. The number of rotatable bonds is 6. The summed E-state index contributed by atoms with van der Waals surface area (Å²) in [5, 5.41) is 2.86. The molecule has 0 aliphatic carbocycles. The van der Waals surface area contributed by atoms with Crippen LogP contribution in [0.25, 0.3) is 0 Å². The van der Waals surface area contributed by atoms with Crippen molar-refractivity contribution in [3.8, 4) is 0 Å². The van der Waals surface area contributed by atoms with Gasteiger partial charge in [-0.05, 0) is 6.42 Å². The van der Waals surface area contributed by atoms with Gasteiger partial charge in [0, 0.05) is 45.7 Å². The van der Waals surface area contributed by atoms with Crippen molar-refractivity contribution in [3.05, 3.63) is 0 Å². The van der Waals surface area contributed by atoms with Crippen molar-refractivity contribution in [3.63, 3.8) is 0 Å². The van der Waals surface area contributed by atoms with E-state index >= 15 is 0 Å². The van der Waals surface area contributed by atoms with Gasteiger partial charge in [-0.15, -0.1) is 0 Å². The van der Waals surface area contributed by atoms with Crippen molar-refractivity contribution >= 4 is 11.8 Å². The number of nitrogens with one attached hydrogen (secondary N) is 1. The third-order valence-corrected chi connectivity index (χ3v) is 3.02. The number of hydrogen-bond acceptors (Lipinski definition) is 4. The molecular formula is C12H24N4O2. The van der Waals surface area contributed by atoms with E-state index in [1.165, 1.54) is 0 Å². The molecule has 1 aliphatic heterocycles. The van der Waals surface area contributed by atoms with Gasteiger partial charge in [-0.1, -0.05) is 6.92 Å². The number of piperazine rings is 1. The molecule has 0 radical (unpaired) electrons. The molecule has 0 bridgehead atoms. The third-order valence-electron chi connectivity index (χ3n) is 3.02. The van der Waals surface area contributed by atoms with Crippen LogP contribution in [0.5, 0.6) is 0 Å². The van der Waals surface area contributed by atoms with Gasteiger partial charge in [-0.2, -0.15) is 0 Å². The molecule has 6 heteroatoms. The van der Waals surface area contributed by atoms with Gasteiger partial charge in [-0.25, -0.2) is 0 Å². The van der Waals surface area contributed by atoms with Crippen molar-refractivity contribution < 1.29 is 9.59 Å². The summed E-state index contributed by atoms with van der Waals surface area (Å²) in [6.07, 6.45) is 1.37. The Bertz CT molecular complexity index is 275. The Morgan fingerprint density at radius 1 is 1.22 bits per heavy atom. The summed E-state index contributed by atoms with van der Waals surface area (Å²) in [5.74, 6) is 0.186. The van der Waals surface area contributed by atoms with Gasteiger partial charge in [0.15, 0.2) is 0 Å². The van der Waals surface area contributed by atoms with E-state index in [2.05, 4.69) is 10.2 Å². The van der Waals surface area contributed by atoms with E-state index in [0.29, 0.717) is 32.6 Å². The van der Waals surface area contributed by atoms with Crippen LogP contribution in [-0.2, 0) is 9.59 Å². The normalized spacial score (nSPS) is 16.7. The minimum Gasteiger partial charge on any atom is -0.355 e. The van der Waals surface area contributed by atoms with Gasteiger partial charge in [0.25, 0.3) is 0 Å². The lowest BCUT2D eigenvalue weighted by molar-refractivity contribution is -0.133. The molecule has 1 fully saturated rings. The first-order valence-corrected chi connectivity index (χ1v) is 6.64. The zero-order chi connectivity index (χ0) is 13.4. The van der Waals surface area contributed by atoms with Crippen LogP contribution >= 0.6 is 0 Å². The largest absolute Gasteiger partial charge is 0.355 e. The molecule has 0 spiro atoms. The molecule has 1 saturated heterocycles. The molecule has 0 unspecified atom stereocenters. The fourth-order valence-corrected chi connectivity index (χ4v) is 1.96. The molecule has 1 heterocycles. The van der Waals surface area contributed by atoms with Crippen LogP contribution in [0.3, 0.4) is 0 Å². The molecule has 6 nitrogen and oxygen atoms in total. The quantitative estimate of drug-likeness (QED) is 0.639. The SMILES string of the molecule is CCCNC(=O)CN1CCN(C(=O)CCN)CC1. The van der Waals surface area contributed by atoms with Gasteiger partial charge in [0.1, 0.15) is 0 Å². The summed E-state index contributed by atoms with van der Waals surface area (Å²) >= 11 is 0. The van der Waals surface area contributed by atoms with Crippen LogP contribution in [0.4, 0.5) is 0 Å². The molecule has 0 atom stereocenters. The third kappa shape index (κ3) is 5.01. The first-order valence-electron chi connectivity index (χ1n) is 6.64. The predicted molar refractivity (Wildman–Crippen MR) is 70.0 cm³/mol. The predicted octanol–water partition coefficient (Wildman–Crippen LogP) is -0.994. The highest BCUT2D eigenvalue weighted by Crippen LogP contribution is 2.03. The van der Waals surface area contributed by atoms with Gasteiger partial charge < -0.3 is 16.0 Å². The van der Waals surface area contributed by atoms with Crippen molar-refractivity contribution in [1.82, 2.24) is 15.1 Å². The molecule has 1 rings (SSSR count). The van der Waals surface area contributed by atoms with Crippen LogP contribution in [0.15, 0.2) is 0 Å². The summed E-state index contributed by atoms with van der Waals surface area (Å²) in [6.45, 7) is 6.50. The Balaban J connectivity index is 2.22. The minimum absolute atomic E-state index is 0.0681. The number of amides is 2. The Kier molecular flexibility index (Phi) is 6.67. The highest BCUT2D eigenvalue weighted by Gasteiger charge is 2.21. The highest BCUT2D eigenvalue weighted by atomic mass is 16.2. The molecule has 0 aromatic carbocycles. The van der Waals surface area contributed by atoms with E-state index in [0.717, 1.165) is 26.1 Å². The number of nitrogens with two attached hydrogens (primary N) is 1. The molecule has 0 saturated carbocycles. The first kappa shape index (κ1) is 14.9. The molecule has 104 valence electrons. The van der Waals surface area contributed by atoms with Gasteiger partial charge in [0.2, 0.25) is 11.8 Å². The Hall–Kier alpha value is -1.14. The summed E-state index contributed by atoms with van der Waals surface area (Å²) in [5.41, 5.74) is 5.36. The molecular weight excluding hydrogens is 232 g/mol. The van der Waals surface area contributed by atoms with Gasteiger partial charge in [0.05, 0.1) is 6.54 Å². The molecule has 1 aliphatic rings. The Labute approximate surface area is 108 Å². The van der Waals surface area contributed by atoms with Crippen LogP contribution in [0.2, 0.25) is 0 Å². The van der Waals surface area contributed by atoms with Crippen LogP contribution in [0, 0.1) is 0 Å². The van der Waals surface area contributed by atoms with E-state index < -0.39 is 0 Å². The molecule has 18 heavy (non-hydrogen) atoms. The van der Waals surface area contributed by atoms with Crippen molar-refractivity contribution in [2.24, 2.45) is 5.73 Å². The number of carbonyl (C=O) groups excluding carboxylic acids is 2. The second kappa shape index (κ2) is 8.05. The minimum atomic E-state index is 0.0681. The molecule has 3 N–H and O–H groups in total. The fraction of sp³-hybridized carbons (Fsp3) is 0.833. The Morgan fingerprint density at radius 3 is 2.44 bits per heavy atom. The summed E-state index contributed by atoms with van der Waals surface area (Å²) in [6, 6.07) is 0. The summed E-state index contributed by atoms with van der Waals surface area (Å²) < 4.78 is 0. The van der Waals surface area contributed by atoms with Crippen molar-refractivity contribution in [2.75, 3.05) is 45.8 Å². The molecule has 0 aromatic heterocycles. The second-order valence-electron chi connectivity index (χ2n) is 4.55. The number of nitrogens with zero attached hydrogens (tertiary/aromatic N) is 2. The van der Waals surface area contributed by atoms with E-state index in [4.69, 9.17) is 5.73 Å². The fourth-order valence-electron chi connectivity index (χ4n) is 1.96. The number of hydrogen-bond donors (Lipinski definition) is 2. The average Bonchev–Trinajstić information content (AvgIpc) is 2.37. The number of carbonyl (C=O) groups is 2. The zero-order valence-electron chi connectivity index (χ0n) is 11.2. The van der Waals surface area contributed by atoms with Crippen molar-refractivity contribution in [2.45, 2.75) is 19.8 Å². The van der Waals surface area contributed by atoms with E-state index in [9.17, 15) is 9.59 Å². The average molecular weight is 256 g/mol.